The summed E-state index contributed by atoms with van der Waals surface area (Å²) in [6.07, 6.45) is -4.14. The normalized spacial score (nSPS) is 30.1. The van der Waals surface area contributed by atoms with Crippen molar-refractivity contribution in [3.05, 3.63) is 35.4 Å². The van der Waals surface area contributed by atoms with Gasteiger partial charge < -0.3 is 4.90 Å². The van der Waals surface area contributed by atoms with Crippen LogP contribution in [0.1, 0.15) is 24.2 Å². The number of benzene rings is 1. The van der Waals surface area contributed by atoms with Gasteiger partial charge in [0, 0.05) is 39.3 Å². The van der Waals surface area contributed by atoms with Gasteiger partial charge in [-0.2, -0.15) is 13.2 Å². The quantitative estimate of drug-likeness (QED) is 0.831. The minimum atomic E-state index is -4.26. The fourth-order valence-electron chi connectivity index (χ4n) is 3.43. The van der Waals surface area contributed by atoms with Crippen molar-refractivity contribution < 1.29 is 13.2 Å². The van der Waals surface area contributed by atoms with Gasteiger partial charge in [-0.05, 0) is 24.2 Å². The summed E-state index contributed by atoms with van der Waals surface area (Å²) in [6.45, 7) is 9.19. The van der Waals surface area contributed by atoms with E-state index in [-0.39, 0.29) is 6.17 Å². The van der Waals surface area contributed by atoms with Crippen molar-refractivity contribution in [1.82, 2.24) is 14.7 Å². The lowest BCUT2D eigenvalue weighted by atomic mass is 10.1. The first-order chi connectivity index (χ1) is 10.5. The van der Waals surface area contributed by atoms with Crippen LogP contribution in [0.3, 0.4) is 0 Å². The Balaban J connectivity index is 1.79. The summed E-state index contributed by atoms with van der Waals surface area (Å²) in [5.41, 5.74) is 0.395. The Kier molecular flexibility index (Phi) is 4.43. The lowest BCUT2D eigenvalue weighted by Crippen LogP contribution is -2.44. The van der Waals surface area contributed by atoms with Crippen LogP contribution in [-0.4, -0.2) is 60.5 Å². The van der Waals surface area contributed by atoms with Gasteiger partial charge in [0.15, 0.2) is 0 Å². The Bertz CT molecular complexity index is 484. The molecule has 2 atom stereocenters. The SMILES string of the molecule is CCN1CCN2CCN(CC1)C2c1ccc(C(F)(F)F)cc1. The molecule has 2 aliphatic heterocycles. The van der Waals surface area contributed by atoms with E-state index in [2.05, 4.69) is 21.6 Å². The molecule has 3 nitrogen and oxygen atoms in total. The van der Waals surface area contributed by atoms with E-state index in [9.17, 15) is 13.2 Å². The summed E-state index contributed by atoms with van der Waals surface area (Å²) in [4.78, 5) is 7.18. The highest BCUT2D eigenvalue weighted by atomic mass is 19.4. The van der Waals surface area contributed by atoms with Crippen molar-refractivity contribution >= 4 is 0 Å². The van der Waals surface area contributed by atoms with Crippen molar-refractivity contribution in [3.63, 3.8) is 0 Å². The number of rotatable bonds is 2. The van der Waals surface area contributed by atoms with Gasteiger partial charge in [-0.25, -0.2) is 0 Å². The van der Waals surface area contributed by atoms with Crippen LogP contribution in [-0.2, 0) is 6.18 Å². The fraction of sp³-hybridized carbons (Fsp3) is 0.625. The van der Waals surface area contributed by atoms with E-state index in [1.165, 1.54) is 12.1 Å². The molecule has 0 saturated carbocycles. The number of nitrogens with zero attached hydrogens (tertiary/aromatic N) is 3. The first-order valence-corrected chi connectivity index (χ1v) is 7.86. The predicted molar refractivity (Wildman–Crippen MR) is 79.4 cm³/mol. The van der Waals surface area contributed by atoms with Gasteiger partial charge in [0.2, 0.25) is 0 Å². The number of likely N-dealkylation sites (N-methyl/N-ethyl adjacent to an activating group) is 1. The minimum absolute atomic E-state index is 0.126. The van der Waals surface area contributed by atoms with E-state index in [0.717, 1.165) is 51.4 Å². The fourth-order valence-corrected chi connectivity index (χ4v) is 3.43. The Morgan fingerprint density at radius 3 is 1.86 bits per heavy atom. The van der Waals surface area contributed by atoms with E-state index in [1.54, 1.807) is 12.1 Å². The molecule has 2 unspecified atom stereocenters. The summed E-state index contributed by atoms with van der Waals surface area (Å²) in [5.74, 6) is 0. The monoisotopic (exact) mass is 313 g/mol. The third kappa shape index (κ3) is 3.14. The molecule has 2 bridgehead atoms. The molecule has 122 valence electrons. The van der Waals surface area contributed by atoms with E-state index in [1.807, 2.05) is 0 Å². The molecule has 0 N–H and O–H groups in total. The molecular formula is C16H22F3N3. The minimum Gasteiger partial charge on any atom is -0.301 e. The predicted octanol–water partition coefficient (Wildman–Crippen LogP) is 2.66. The topological polar surface area (TPSA) is 9.72 Å². The first-order valence-electron chi connectivity index (χ1n) is 7.86. The molecule has 1 aromatic carbocycles. The molecule has 1 aromatic rings. The first kappa shape index (κ1) is 15.8. The van der Waals surface area contributed by atoms with Crippen LogP contribution >= 0.6 is 0 Å². The van der Waals surface area contributed by atoms with Crippen molar-refractivity contribution in [1.29, 1.82) is 0 Å². The largest absolute Gasteiger partial charge is 0.416 e. The second-order valence-corrected chi connectivity index (χ2v) is 6.00. The Morgan fingerprint density at radius 2 is 1.41 bits per heavy atom. The maximum Gasteiger partial charge on any atom is 0.416 e. The molecule has 2 aliphatic rings. The lowest BCUT2D eigenvalue weighted by Gasteiger charge is -2.36. The summed E-state index contributed by atoms with van der Waals surface area (Å²) in [5, 5.41) is 0. The van der Waals surface area contributed by atoms with Gasteiger partial charge in [-0.3, -0.25) is 9.80 Å². The van der Waals surface area contributed by atoms with E-state index < -0.39 is 11.7 Å². The molecule has 0 aromatic heterocycles. The molecule has 22 heavy (non-hydrogen) atoms. The van der Waals surface area contributed by atoms with E-state index in [0.29, 0.717) is 0 Å². The Morgan fingerprint density at radius 1 is 0.909 bits per heavy atom. The second-order valence-electron chi connectivity index (χ2n) is 6.00. The van der Waals surface area contributed by atoms with Crippen LogP contribution in [0.25, 0.3) is 0 Å². The zero-order valence-corrected chi connectivity index (χ0v) is 12.8. The maximum absolute atomic E-state index is 12.7. The van der Waals surface area contributed by atoms with Gasteiger partial charge in [0.05, 0.1) is 11.7 Å². The molecule has 6 heteroatoms. The van der Waals surface area contributed by atoms with Gasteiger partial charge in [0.1, 0.15) is 0 Å². The third-order valence-corrected chi connectivity index (χ3v) is 4.76. The molecule has 3 rings (SSSR count). The highest BCUT2D eigenvalue weighted by Crippen LogP contribution is 2.34. The molecule has 0 amide bonds. The summed E-state index contributed by atoms with van der Waals surface area (Å²) in [6, 6.07) is 5.68. The number of fused-ring (bicyclic) bond motifs is 2. The van der Waals surface area contributed by atoms with Crippen LogP contribution in [0.2, 0.25) is 0 Å². The van der Waals surface area contributed by atoms with E-state index in [4.69, 9.17) is 0 Å². The molecule has 2 saturated heterocycles. The van der Waals surface area contributed by atoms with Crippen molar-refractivity contribution in [3.8, 4) is 0 Å². The molecule has 2 fully saturated rings. The van der Waals surface area contributed by atoms with Gasteiger partial charge in [-0.1, -0.05) is 19.1 Å². The second kappa shape index (κ2) is 6.18. The Labute approximate surface area is 129 Å². The molecule has 0 radical (unpaired) electrons. The average molecular weight is 313 g/mol. The third-order valence-electron chi connectivity index (χ3n) is 4.76. The van der Waals surface area contributed by atoms with Crippen LogP contribution in [0, 0.1) is 0 Å². The zero-order chi connectivity index (χ0) is 15.7. The van der Waals surface area contributed by atoms with Gasteiger partial charge in [-0.15, -0.1) is 0 Å². The maximum atomic E-state index is 12.7. The molecule has 0 spiro atoms. The zero-order valence-electron chi connectivity index (χ0n) is 12.8. The van der Waals surface area contributed by atoms with Gasteiger partial charge in [0.25, 0.3) is 0 Å². The standard InChI is InChI=1S/C16H22F3N3/c1-2-20-7-9-21-11-12-22(10-8-20)15(21)13-3-5-14(6-4-13)16(17,18)19/h3-6,15H,2,7-12H2,1H3. The molecule has 2 heterocycles. The summed E-state index contributed by atoms with van der Waals surface area (Å²) >= 11 is 0. The molecule has 0 aliphatic carbocycles. The van der Waals surface area contributed by atoms with Crippen LogP contribution in [0.4, 0.5) is 13.2 Å². The number of hydrogen-bond donors (Lipinski definition) is 0. The highest BCUT2D eigenvalue weighted by Gasteiger charge is 2.35. The number of hydrogen-bond acceptors (Lipinski definition) is 3. The van der Waals surface area contributed by atoms with Crippen molar-refractivity contribution in [2.75, 3.05) is 45.8 Å². The van der Waals surface area contributed by atoms with Crippen molar-refractivity contribution in [2.45, 2.75) is 19.3 Å². The van der Waals surface area contributed by atoms with Crippen molar-refractivity contribution in [2.24, 2.45) is 0 Å². The van der Waals surface area contributed by atoms with E-state index >= 15 is 0 Å². The van der Waals surface area contributed by atoms with Crippen LogP contribution in [0.15, 0.2) is 24.3 Å². The Hall–Kier alpha value is -1.11. The van der Waals surface area contributed by atoms with Gasteiger partial charge >= 0.3 is 6.18 Å². The summed E-state index contributed by atoms with van der Waals surface area (Å²) < 4.78 is 38.1. The molecular weight excluding hydrogens is 291 g/mol. The lowest BCUT2D eigenvalue weighted by molar-refractivity contribution is -0.137. The summed E-state index contributed by atoms with van der Waals surface area (Å²) in [7, 11) is 0. The smallest absolute Gasteiger partial charge is 0.301 e. The average Bonchev–Trinajstić information content (AvgIpc) is 2.91. The highest BCUT2D eigenvalue weighted by molar-refractivity contribution is 5.27. The number of alkyl halides is 3. The van der Waals surface area contributed by atoms with Crippen LogP contribution < -0.4 is 0 Å². The number of halogens is 3. The van der Waals surface area contributed by atoms with Crippen LogP contribution in [0.5, 0.6) is 0 Å².